The van der Waals surface area contributed by atoms with E-state index in [2.05, 4.69) is 15.5 Å². The second kappa shape index (κ2) is 4.95. The van der Waals surface area contributed by atoms with Gasteiger partial charge in [0.05, 0.1) is 11.9 Å². The average molecular weight is 260 g/mol. The van der Waals surface area contributed by atoms with Crippen molar-refractivity contribution in [1.82, 2.24) is 9.88 Å². The summed E-state index contributed by atoms with van der Waals surface area (Å²) in [5.74, 6) is 0. The molecule has 3 rings (SSSR count). The van der Waals surface area contributed by atoms with Gasteiger partial charge in [-0.3, -0.25) is 9.78 Å². The van der Waals surface area contributed by atoms with Crippen LogP contribution in [0.3, 0.4) is 0 Å². The summed E-state index contributed by atoms with van der Waals surface area (Å²) in [5, 5.41) is 6.35. The molecule has 1 amide bonds. The van der Waals surface area contributed by atoms with Gasteiger partial charge in [0.2, 0.25) is 6.41 Å². The SMILES string of the molecule is O=CN1[C@@H]2CC[C@H]1CC(Nc1ccncc1N=O)C2. The molecule has 6 heteroatoms. The van der Waals surface area contributed by atoms with E-state index in [1.165, 1.54) is 6.20 Å². The van der Waals surface area contributed by atoms with Crippen LogP contribution in [0.4, 0.5) is 11.4 Å². The van der Waals surface area contributed by atoms with Crippen molar-refractivity contribution in [2.24, 2.45) is 5.18 Å². The Morgan fingerprint density at radius 1 is 1.37 bits per heavy atom. The number of rotatable bonds is 4. The molecule has 2 aliphatic rings. The zero-order chi connectivity index (χ0) is 13.2. The van der Waals surface area contributed by atoms with E-state index in [1.54, 1.807) is 12.3 Å². The molecule has 2 saturated heterocycles. The first-order valence-corrected chi connectivity index (χ1v) is 6.58. The Hall–Kier alpha value is -1.98. The van der Waals surface area contributed by atoms with Crippen LogP contribution < -0.4 is 5.32 Å². The van der Waals surface area contributed by atoms with Crippen LogP contribution in [0.2, 0.25) is 0 Å². The fourth-order valence-corrected chi connectivity index (χ4v) is 3.30. The number of aromatic nitrogens is 1. The van der Waals surface area contributed by atoms with Crippen molar-refractivity contribution in [3.63, 3.8) is 0 Å². The van der Waals surface area contributed by atoms with Gasteiger partial charge in [0.25, 0.3) is 0 Å². The lowest BCUT2D eigenvalue weighted by molar-refractivity contribution is -0.122. The van der Waals surface area contributed by atoms with Gasteiger partial charge in [-0.05, 0) is 36.9 Å². The molecule has 3 heterocycles. The highest BCUT2D eigenvalue weighted by molar-refractivity contribution is 5.64. The third-order valence-electron chi connectivity index (χ3n) is 4.17. The van der Waals surface area contributed by atoms with Crippen molar-refractivity contribution in [3.05, 3.63) is 23.4 Å². The summed E-state index contributed by atoms with van der Waals surface area (Å²) in [6.07, 6.45) is 8.10. The fraction of sp³-hybridized carbons (Fsp3) is 0.538. The van der Waals surface area contributed by atoms with Crippen molar-refractivity contribution in [1.29, 1.82) is 0 Å². The molecular weight excluding hydrogens is 244 g/mol. The van der Waals surface area contributed by atoms with Crippen LogP contribution in [-0.2, 0) is 4.79 Å². The van der Waals surface area contributed by atoms with Crippen LogP contribution in [0, 0.1) is 4.91 Å². The molecule has 100 valence electrons. The number of hydrogen-bond donors (Lipinski definition) is 1. The minimum Gasteiger partial charge on any atom is -0.380 e. The summed E-state index contributed by atoms with van der Waals surface area (Å²) in [5.41, 5.74) is 1.07. The number of piperidine rings is 1. The Bertz CT molecular complexity index is 479. The third kappa shape index (κ3) is 2.18. The van der Waals surface area contributed by atoms with Crippen LogP contribution in [0.15, 0.2) is 23.6 Å². The second-order valence-electron chi connectivity index (χ2n) is 5.23. The maximum atomic E-state index is 11.0. The predicted molar refractivity (Wildman–Crippen MR) is 71.0 cm³/mol. The molecule has 2 aliphatic heterocycles. The number of carbonyl (C=O) groups excluding carboxylic acids is 1. The van der Waals surface area contributed by atoms with Crippen LogP contribution in [0.5, 0.6) is 0 Å². The van der Waals surface area contributed by atoms with Crippen LogP contribution in [-0.4, -0.2) is 34.4 Å². The minimum absolute atomic E-state index is 0.289. The number of amides is 1. The third-order valence-corrected chi connectivity index (χ3v) is 4.17. The lowest BCUT2D eigenvalue weighted by Crippen LogP contribution is -2.46. The minimum atomic E-state index is 0.289. The van der Waals surface area contributed by atoms with E-state index in [0.29, 0.717) is 17.8 Å². The van der Waals surface area contributed by atoms with E-state index < -0.39 is 0 Å². The molecule has 0 spiro atoms. The Labute approximate surface area is 111 Å². The van der Waals surface area contributed by atoms with E-state index in [4.69, 9.17) is 0 Å². The predicted octanol–water partition coefficient (Wildman–Crippen LogP) is 2.04. The van der Waals surface area contributed by atoms with Crippen molar-refractivity contribution < 1.29 is 4.79 Å². The quantitative estimate of drug-likeness (QED) is 0.664. The number of carbonyl (C=O) groups is 1. The Kier molecular flexibility index (Phi) is 3.15. The normalized spacial score (nSPS) is 29.1. The van der Waals surface area contributed by atoms with E-state index in [9.17, 15) is 9.70 Å². The van der Waals surface area contributed by atoms with E-state index in [-0.39, 0.29) is 6.04 Å². The van der Waals surface area contributed by atoms with Gasteiger partial charge in [0.15, 0.2) is 0 Å². The number of anilines is 1. The zero-order valence-electron chi connectivity index (χ0n) is 10.5. The second-order valence-corrected chi connectivity index (χ2v) is 5.23. The molecule has 2 fully saturated rings. The summed E-state index contributed by atoms with van der Waals surface area (Å²) in [6.45, 7) is 0. The van der Waals surface area contributed by atoms with Gasteiger partial charge >= 0.3 is 0 Å². The maximum absolute atomic E-state index is 11.0. The van der Waals surface area contributed by atoms with Crippen molar-refractivity contribution in [2.75, 3.05) is 5.32 Å². The van der Waals surface area contributed by atoms with Gasteiger partial charge in [0.1, 0.15) is 5.69 Å². The van der Waals surface area contributed by atoms with Crippen molar-refractivity contribution in [3.8, 4) is 0 Å². The molecule has 2 bridgehead atoms. The number of nitroso groups, excluding NO2 is 1. The monoisotopic (exact) mass is 260 g/mol. The standard InChI is InChI=1S/C13H16N4O2/c18-8-17-10-1-2-11(17)6-9(5-10)15-12-3-4-14-7-13(12)16-19/h3-4,7-11H,1-2,5-6H2,(H,14,15)/t9?,10-,11+. The lowest BCUT2D eigenvalue weighted by atomic mass is 9.97. The molecule has 19 heavy (non-hydrogen) atoms. The molecular formula is C13H16N4O2. The molecule has 1 aromatic heterocycles. The molecule has 3 atom stereocenters. The smallest absolute Gasteiger partial charge is 0.210 e. The van der Waals surface area contributed by atoms with E-state index >= 15 is 0 Å². The Morgan fingerprint density at radius 2 is 2.11 bits per heavy atom. The van der Waals surface area contributed by atoms with Gasteiger partial charge in [-0.2, -0.15) is 0 Å². The summed E-state index contributed by atoms with van der Waals surface area (Å²) >= 11 is 0. The molecule has 0 aromatic carbocycles. The largest absolute Gasteiger partial charge is 0.380 e. The molecule has 1 N–H and O–H groups in total. The summed E-state index contributed by atoms with van der Waals surface area (Å²) in [6, 6.07) is 2.73. The molecule has 6 nitrogen and oxygen atoms in total. The molecule has 1 unspecified atom stereocenters. The van der Waals surface area contributed by atoms with E-state index in [0.717, 1.165) is 37.8 Å². The van der Waals surface area contributed by atoms with Gasteiger partial charge in [0, 0.05) is 24.3 Å². The van der Waals surface area contributed by atoms with Crippen LogP contribution >= 0.6 is 0 Å². The highest BCUT2D eigenvalue weighted by atomic mass is 16.3. The summed E-state index contributed by atoms with van der Waals surface area (Å²) in [4.78, 5) is 27.6. The fourth-order valence-electron chi connectivity index (χ4n) is 3.30. The lowest BCUT2D eigenvalue weighted by Gasteiger charge is -2.37. The van der Waals surface area contributed by atoms with Crippen molar-refractivity contribution in [2.45, 2.75) is 43.8 Å². The van der Waals surface area contributed by atoms with Gasteiger partial charge in [-0.1, -0.05) is 0 Å². The first-order valence-electron chi connectivity index (χ1n) is 6.58. The number of hydrogen-bond acceptors (Lipinski definition) is 5. The highest BCUT2D eigenvalue weighted by Crippen LogP contribution is 2.36. The van der Waals surface area contributed by atoms with Crippen LogP contribution in [0.25, 0.3) is 0 Å². The highest BCUT2D eigenvalue weighted by Gasteiger charge is 2.39. The zero-order valence-corrected chi connectivity index (χ0v) is 10.5. The Morgan fingerprint density at radius 3 is 2.74 bits per heavy atom. The molecule has 1 aromatic rings. The Balaban J connectivity index is 1.72. The molecule has 0 radical (unpaired) electrons. The average Bonchev–Trinajstić information content (AvgIpc) is 2.69. The van der Waals surface area contributed by atoms with Crippen LogP contribution in [0.1, 0.15) is 25.7 Å². The summed E-state index contributed by atoms with van der Waals surface area (Å²) in [7, 11) is 0. The maximum Gasteiger partial charge on any atom is 0.210 e. The number of pyridine rings is 1. The summed E-state index contributed by atoms with van der Waals surface area (Å²) < 4.78 is 0. The first kappa shape index (κ1) is 12.1. The van der Waals surface area contributed by atoms with Gasteiger partial charge in [-0.15, -0.1) is 4.91 Å². The molecule has 0 saturated carbocycles. The first-order chi connectivity index (χ1) is 9.31. The van der Waals surface area contributed by atoms with E-state index in [1.807, 2.05) is 4.90 Å². The number of fused-ring (bicyclic) bond motifs is 2. The number of nitrogens with zero attached hydrogens (tertiary/aromatic N) is 3. The molecule has 0 aliphatic carbocycles. The van der Waals surface area contributed by atoms with Crippen molar-refractivity contribution >= 4 is 17.8 Å². The van der Waals surface area contributed by atoms with Gasteiger partial charge < -0.3 is 10.2 Å². The number of nitrogens with one attached hydrogen (secondary N) is 1. The topological polar surface area (TPSA) is 74.7 Å². The van der Waals surface area contributed by atoms with Gasteiger partial charge in [-0.25, -0.2) is 0 Å².